The minimum Gasteiger partial charge on any atom is -0.489 e. The topological polar surface area (TPSA) is 46.5 Å². The summed E-state index contributed by atoms with van der Waals surface area (Å²) in [5, 5.41) is 8.85. The maximum absolute atomic E-state index is 10.8. The van der Waals surface area contributed by atoms with Crippen molar-refractivity contribution in [3.63, 3.8) is 0 Å². The maximum Gasteiger partial charge on any atom is 0.328 e. The average Bonchev–Trinajstić information content (AvgIpc) is 2.32. The molecule has 0 saturated carbocycles. The molecule has 1 aromatic rings. The van der Waals surface area contributed by atoms with Gasteiger partial charge in [0.25, 0.3) is 0 Å². The van der Waals surface area contributed by atoms with Gasteiger partial charge >= 0.3 is 5.97 Å². The van der Waals surface area contributed by atoms with Crippen molar-refractivity contribution in [3.8, 4) is 5.75 Å². The SMILES string of the molecule is Cc1ccc(C)c(OC/C(=C/C(=O)O)C(C)C)c1C. The first-order chi connectivity index (χ1) is 8.82. The van der Waals surface area contributed by atoms with Crippen LogP contribution >= 0.6 is 0 Å². The number of hydrogen-bond acceptors (Lipinski definition) is 2. The third kappa shape index (κ3) is 4.12. The molecule has 0 amide bonds. The fraction of sp³-hybridized carbons (Fsp3) is 0.438. The van der Waals surface area contributed by atoms with Crippen LogP contribution in [-0.2, 0) is 4.79 Å². The highest BCUT2D eigenvalue weighted by atomic mass is 16.5. The van der Waals surface area contributed by atoms with Crippen molar-refractivity contribution in [2.24, 2.45) is 5.92 Å². The largest absolute Gasteiger partial charge is 0.489 e. The number of aliphatic carboxylic acids is 1. The third-order valence-corrected chi connectivity index (χ3v) is 3.31. The lowest BCUT2D eigenvalue weighted by molar-refractivity contribution is -0.131. The number of carboxylic acid groups (broad SMARTS) is 1. The summed E-state index contributed by atoms with van der Waals surface area (Å²) >= 11 is 0. The van der Waals surface area contributed by atoms with Gasteiger partial charge in [0, 0.05) is 6.08 Å². The summed E-state index contributed by atoms with van der Waals surface area (Å²) in [6.07, 6.45) is 1.24. The van der Waals surface area contributed by atoms with Crippen LogP contribution in [0.3, 0.4) is 0 Å². The Morgan fingerprint density at radius 3 is 2.37 bits per heavy atom. The summed E-state index contributed by atoms with van der Waals surface area (Å²) in [6, 6.07) is 4.08. The lowest BCUT2D eigenvalue weighted by atomic mass is 10.0. The van der Waals surface area contributed by atoms with E-state index in [9.17, 15) is 4.79 Å². The van der Waals surface area contributed by atoms with Gasteiger partial charge in [-0.2, -0.15) is 0 Å². The molecule has 0 fully saturated rings. The van der Waals surface area contributed by atoms with E-state index in [1.807, 2.05) is 40.7 Å². The van der Waals surface area contributed by atoms with Gasteiger partial charge < -0.3 is 9.84 Å². The Kier molecular flexibility index (Phi) is 5.16. The van der Waals surface area contributed by atoms with E-state index >= 15 is 0 Å². The lowest BCUT2D eigenvalue weighted by Gasteiger charge is -2.17. The van der Waals surface area contributed by atoms with Crippen LogP contribution in [0.25, 0.3) is 0 Å². The molecule has 0 bridgehead atoms. The molecule has 0 spiro atoms. The zero-order valence-electron chi connectivity index (χ0n) is 12.3. The number of rotatable bonds is 5. The minimum absolute atomic E-state index is 0.154. The second-order valence-electron chi connectivity index (χ2n) is 5.15. The van der Waals surface area contributed by atoms with Crippen molar-refractivity contribution in [1.29, 1.82) is 0 Å². The standard InChI is InChI=1S/C16H22O3/c1-10(2)14(8-15(17)18)9-19-16-12(4)7-6-11(3)13(16)5/h6-8,10H,9H2,1-5H3,(H,17,18)/b14-8-. The molecule has 0 unspecified atom stereocenters. The number of carboxylic acids is 1. The Balaban J connectivity index is 2.92. The highest BCUT2D eigenvalue weighted by Crippen LogP contribution is 2.26. The van der Waals surface area contributed by atoms with Gasteiger partial charge in [-0.25, -0.2) is 4.79 Å². The van der Waals surface area contributed by atoms with E-state index in [2.05, 4.69) is 6.07 Å². The van der Waals surface area contributed by atoms with Gasteiger partial charge in [-0.05, 0) is 49.0 Å². The summed E-state index contributed by atoms with van der Waals surface area (Å²) in [4.78, 5) is 10.8. The van der Waals surface area contributed by atoms with Crippen LogP contribution in [0.5, 0.6) is 5.75 Å². The van der Waals surface area contributed by atoms with Crippen molar-refractivity contribution in [2.75, 3.05) is 6.61 Å². The highest BCUT2D eigenvalue weighted by Gasteiger charge is 2.10. The van der Waals surface area contributed by atoms with Crippen molar-refractivity contribution in [3.05, 3.63) is 40.5 Å². The van der Waals surface area contributed by atoms with E-state index in [1.54, 1.807) is 0 Å². The summed E-state index contributed by atoms with van der Waals surface area (Å²) in [7, 11) is 0. The predicted molar refractivity (Wildman–Crippen MR) is 76.7 cm³/mol. The second kappa shape index (κ2) is 6.41. The Labute approximate surface area is 114 Å². The molecule has 1 aromatic carbocycles. The quantitative estimate of drug-likeness (QED) is 0.824. The van der Waals surface area contributed by atoms with Gasteiger partial charge in [0.1, 0.15) is 12.4 Å². The summed E-state index contributed by atoms with van der Waals surface area (Å²) in [6.45, 7) is 10.3. The molecule has 0 aliphatic rings. The van der Waals surface area contributed by atoms with Crippen LogP contribution in [-0.4, -0.2) is 17.7 Å². The molecule has 0 aliphatic carbocycles. The maximum atomic E-state index is 10.8. The molecule has 3 heteroatoms. The Hall–Kier alpha value is -1.77. The Bertz CT molecular complexity index is 499. The third-order valence-electron chi connectivity index (χ3n) is 3.31. The van der Waals surface area contributed by atoms with Crippen LogP contribution < -0.4 is 4.74 Å². The smallest absolute Gasteiger partial charge is 0.328 e. The monoisotopic (exact) mass is 262 g/mol. The number of benzene rings is 1. The first-order valence-corrected chi connectivity index (χ1v) is 6.46. The van der Waals surface area contributed by atoms with Crippen LogP contribution in [0.1, 0.15) is 30.5 Å². The van der Waals surface area contributed by atoms with E-state index in [-0.39, 0.29) is 5.92 Å². The van der Waals surface area contributed by atoms with Crippen molar-refractivity contribution in [2.45, 2.75) is 34.6 Å². The molecule has 0 aromatic heterocycles. The van der Waals surface area contributed by atoms with Gasteiger partial charge in [0.2, 0.25) is 0 Å². The van der Waals surface area contributed by atoms with E-state index in [1.165, 1.54) is 11.6 Å². The van der Waals surface area contributed by atoms with Crippen LogP contribution in [0.15, 0.2) is 23.8 Å². The molecular formula is C16H22O3. The van der Waals surface area contributed by atoms with Crippen molar-refractivity contribution < 1.29 is 14.6 Å². The second-order valence-corrected chi connectivity index (χ2v) is 5.15. The van der Waals surface area contributed by atoms with Gasteiger partial charge in [0.05, 0.1) is 0 Å². The molecule has 0 aliphatic heterocycles. The minimum atomic E-state index is -0.926. The fourth-order valence-corrected chi connectivity index (χ4v) is 1.84. The summed E-state index contributed by atoms with van der Waals surface area (Å²) < 4.78 is 5.84. The van der Waals surface area contributed by atoms with Gasteiger partial charge in [-0.1, -0.05) is 26.0 Å². The van der Waals surface area contributed by atoms with E-state index in [4.69, 9.17) is 9.84 Å². The molecular weight excluding hydrogens is 240 g/mol. The lowest BCUT2D eigenvalue weighted by Crippen LogP contribution is -2.10. The summed E-state index contributed by atoms with van der Waals surface area (Å²) in [5.41, 5.74) is 4.14. The van der Waals surface area contributed by atoms with Crippen LogP contribution in [0.2, 0.25) is 0 Å². The number of ether oxygens (including phenoxy) is 1. The number of carbonyl (C=O) groups is 1. The number of hydrogen-bond donors (Lipinski definition) is 1. The van der Waals surface area contributed by atoms with E-state index in [0.29, 0.717) is 6.61 Å². The first-order valence-electron chi connectivity index (χ1n) is 6.46. The first kappa shape index (κ1) is 15.3. The highest BCUT2D eigenvalue weighted by molar-refractivity contribution is 5.80. The fourth-order valence-electron chi connectivity index (χ4n) is 1.84. The molecule has 0 atom stereocenters. The molecule has 1 N–H and O–H groups in total. The Morgan fingerprint density at radius 1 is 1.26 bits per heavy atom. The molecule has 0 heterocycles. The average molecular weight is 262 g/mol. The molecule has 0 radical (unpaired) electrons. The van der Waals surface area contributed by atoms with E-state index < -0.39 is 5.97 Å². The molecule has 19 heavy (non-hydrogen) atoms. The van der Waals surface area contributed by atoms with Gasteiger partial charge in [-0.3, -0.25) is 0 Å². The van der Waals surface area contributed by atoms with Crippen molar-refractivity contribution >= 4 is 5.97 Å². The Morgan fingerprint density at radius 2 is 1.84 bits per heavy atom. The molecule has 0 saturated heterocycles. The van der Waals surface area contributed by atoms with Crippen LogP contribution in [0, 0.1) is 26.7 Å². The molecule has 1 rings (SSSR count). The molecule has 3 nitrogen and oxygen atoms in total. The molecule has 104 valence electrons. The van der Waals surface area contributed by atoms with E-state index in [0.717, 1.165) is 22.4 Å². The normalized spacial score (nSPS) is 11.8. The van der Waals surface area contributed by atoms with Crippen LogP contribution in [0.4, 0.5) is 0 Å². The zero-order valence-corrected chi connectivity index (χ0v) is 12.3. The summed E-state index contributed by atoms with van der Waals surface area (Å²) in [5.74, 6) is 0.0865. The zero-order chi connectivity index (χ0) is 14.6. The van der Waals surface area contributed by atoms with Crippen molar-refractivity contribution in [1.82, 2.24) is 0 Å². The number of aryl methyl sites for hydroxylation is 2. The van der Waals surface area contributed by atoms with Gasteiger partial charge in [-0.15, -0.1) is 0 Å². The predicted octanol–water partition coefficient (Wildman–Crippen LogP) is 3.66. The van der Waals surface area contributed by atoms with Gasteiger partial charge in [0.15, 0.2) is 0 Å².